The molecule has 1 heterocycles. The number of benzene rings is 1. The van der Waals surface area contributed by atoms with Crippen molar-refractivity contribution in [2.75, 3.05) is 10.6 Å². The monoisotopic (exact) mass is 313 g/mol. The second-order valence-electron chi connectivity index (χ2n) is 5.18. The van der Waals surface area contributed by atoms with Gasteiger partial charge in [0.15, 0.2) is 0 Å². The Morgan fingerprint density at radius 2 is 2.00 bits per heavy atom. The van der Waals surface area contributed by atoms with E-state index in [4.69, 9.17) is 11.6 Å². The molecule has 0 saturated carbocycles. The maximum Gasteiger partial charge on any atom is 0.257 e. The molecular formula is C17H16ClN3O. The summed E-state index contributed by atoms with van der Waals surface area (Å²) in [6, 6.07) is 11.0. The zero-order chi connectivity index (χ0) is 15.4. The molecule has 0 aliphatic heterocycles. The highest BCUT2D eigenvalue weighted by atomic mass is 35.5. The van der Waals surface area contributed by atoms with Gasteiger partial charge in [0, 0.05) is 22.9 Å². The van der Waals surface area contributed by atoms with Crippen LogP contribution in [0.1, 0.15) is 23.2 Å². The minimum absolute atomic E-state index is 0.205. The summed E-state index contributed by atoms with van der Waals surface area (Å²) in [6.07, 6.45) is 7.91. The number of nitrogens with zero attached hydrogens (tertiary/aromatic N) is 1. The van der Waals surface area contributed by atoms with Gasteiger partial charge in [0.1, 0.15) is 5.82 Å². The summed E-state index contributed by atoms with van der Waals surface area (Å²) in [5, 5.41) is 6.72. The molecule has 1 aromatic heterocycles. The molecule has 0 saturated heterocycles. The third-order valence-corrected chi connectivity index (χ3v) is 3.70. The molecule has 0 radical (unpaired) electrons. The molecule has 112 valence electrons. The van der Waals surface area contributed by atoms with Gasteiger partial charge in [-0.05, 0) is 43.2 Å². The van der Waals surface area contributed by atoms with Crippen molar-refractivity contribution in [3.63, 3.8) is 0 Å². The Hall–Kier alpha value is -2.33. The first-order valence-corrected chi connectivity index (χ1v) is 7.53. The lowest BCUT2D eigenvalue weighted by Crippen LogP contribution is -2.17. The van der Waals surface area contributed by atoms with Crippen LogP contribution >= 0.6 is 11.6 Å². The van der Waals surface area contributed by atoms with Crippen LogP contribution in [0.15, 0.2) is 54.7 Å². The lowest BCUT2D eigenvalue weighted by atomic mass is 10.2. The SMILES string of the molecule is O=C(Nc1cccc(Cl)c1)c1ccc(NC2CC=CC2)nc1. The van der Waals surface area contributed by atoms with Crippen molar-refractivity contribution in [2.45, 2.75) is 18.9 Å². The number of rotatable bonds is 4. The minimum atomic E-state index is -0.205. The van der Waals surface area contributed by atoms with E-state index >= 15 is 0 Å². The van der Waals surface area contributed by atoms with Crippen LogP contribution in [0.4, 0.5) is 11.5 Å². The maximum absolute atomic E-state index is 12.2. The van der Waals surface area contributed by atoms with Crippen LogP contribution in [0.5, 0.6) is 0 Å². The van der Waals surface area contributed by atoms with Gasteiger partial charge in [-0.15, -0.1) is 0 Å². The summed E-state index contributed by atoms with van der Waals surface area (Å²) < 4.78 is 0. The van der Waals surface area contributed by atoms with Crippen molar-refractivity contribution in [1.82, 2.24) is 4.98 Å². The van der Waals surface area contributed by atoms with Crippen molar-refractivity contribution in [3.05, 3.63) is 65.3 Å². The first kappa shape index (κ1) is 14.6. The van der Waals surface area contributed by atoms with Crippen LogP contribution in [0, 0.1) is 0 Å². The molecule has 0 unspecified atom stereocenters. The Balaban J connectivity index is 1.63. The summed E-state index contributed by atoms with van der Waals surface area (Å²) in [5.41, 5.74) is 1.17. The molecule has 2 N–H and O–H groups in total. The summed E-state index contributed by atoms with van der Waals surface area (Å²) in [4.78, 5) is 16.5. The van der Waals surface area contributed by atoms with E-state index in [0.717, 1.165) is 18.7 Å². The summed E-state index contributed by atoms with van der Waals surface area (Å²) in [5.74, 6) is 0.580. The maximum atomic E-state index is 12.2. The second kappa shape index (κ2) is 6.62. The van der Waals surface area contributed by atoms with Gasteiger partial charge in [0.25, 0.3) is 5.91 Å². The number of nitrogens with one attached hydrogen (secondary N) is 2. The van der Waals surface area contributed by atoms with Gasteiger partial charge in [-0.1, -0.05) is 29.8 Å². The number of amides is 1. The van der Waals surface area contributed by atoms with Crippen LogP contribution in [0.3, 0.4) is 0 Å². The highest BCUT2D eigenvalue weighted by Gasteiger charge is 2.11. The van der Waals surface area contributed by atoms with Gasteiger partial charge in [-0.2, -0.15) is 0 Å². The number of halogens is 1. The predicted octanol–water partition coefficient (Wildman–Crippen LogP) is 4.12. The van der Waals surface area contributed by atoms with E-state index in [2.05, 4.69) is 27.8 Å². The van der Waals surface area contributed by atoms with Crippen molar-refractivity contribution < 1.29 is 4.79 Å². The quantitative estimate of drug-likeness (QED) is 0.835. The van der Waals surface area contributed by atoms with Crippen LogP contribution < -0.4 is 10.6 Å². The van der Waals surface area contributed by atoms with Crippen molar-refractivity contribution >= 4 is 29.0 Å². The van der Waals surface area contributed by atoms with E-state index < -0.39 is 0 Å². The molecule has 1 aliphatic carbocycles. The standard InChI is InChI=1S/C17H16ClN3O/c18-13-4-3-7-15(10-13)21-17(22)12-8-9-16(19-11-12)20-14-5-1-2-6-14/h1-4,7-11,14H,5-6H2,(H,19,20)(H,21,22). The molecule has 1 aliphatic rings. The number of pyridine rings is 1. The molecule has 0 bridgehead atoms. The van der Waals surface area contributed by atoms with Crippen LogP contribution in [0.25, 0.3) is 0 Å². The zero-order valence-corrected chi connectivity index (χ0v) is 12.7. The van der Waals surface area contributed by atoms with Crippen molar-refractivity contribution in [2.24, 2.45) is 0 Å². The first-order valence-electron chi connectivity index (χ1n) is 7.15. The fourth-order valence-corrected chi connectivity index (χ4v) is 2.52. The van der Waals surface area contributed by atoms with E-state index in [0.29, 0.717) is 22.3 Å². The fourth-order valence-electron chi connectivity index (χ4n) is 2.33. The number of aromatic nitrogens is 1. The Morgan fingerprint density at radius 1 is 1.18 bits per heavy atom. The molecule has 0 fully saturated rings. The molecule has 1 aromatic carbocycles. The molecule has 22 heavy (non-hydrogen) atoms. The summed E-state index contributed by atoms with van der Waals surface area (Å²) in [7, 11) is 0. The molecular weight excluding hydrogens is 298 g/mol. The van der Waals surface area contributed by atoms with Gasteiger partial charge >= 0.3 is 0 Å². The Bertz CT molecular complexity index is 689. The Morgan fingerprint density at radius 3 is 2.68 bits per heavy atom. The lowest BCUT2D eigenvalue weighted by Gasteiger charge is -2.12. The van der Waals surface area contributed by atoms with Gasteiger partial charge in [-0.25, -0.2) is 4.98 Å². The summed E-state index contributed by atoms with van der Waals surface area (Å²) in [6.45, 7) is 0. The van der Waals surface area contributed by atoms with Crippen LogP contribution in [0.2, 0.25) is 5.02 Å². The second-order valence-corrected chi connectivity index (χ2v) is 5.62. The average Bonchev–Trinajstić information content (AvgIpc) is 3.01. The van der Waals surface area contributed by atoms with E-state index in [1.807, 2.05) is 6.07 Å². The Labute approximate surface area is 134 Å². The van der Waals surface area contributed by atoms with Gasteiger partial charge in [-0.3, -0.25) is 4.79 Å². The number of carbonyl (C=O) groups excluding carboxylic acids is 1. The number of hydrogen-bond acceptors (Lipinski definition) is 3. The molecule has 0 atom stereocenters. The molecule has 0 spiro atoms. The third kappa shape index (κ3) is 3.65. The van der Waals surface area contributed by atoms with Crippen LogP contribution in [-0.2, 0) is 0 Å². The highest BCUT2D eigenvalue weighted by molar-refractivity contribution is 6.30. The molecule has 1 amide bonds. The van der Waals surface area contributed by atoms with Crippen LogP contribution in [-0.4, -0.2) is 16.9 Å². The number of carbonyl (C=O) groups is 1. The molecule has 3 rings (SSSR count). The smallest absolute Gasteiger partial charge is 0.257 e. The molecule has 4 nitrogen and oxygen atoms in total. The van der Waals surface area contributed by atoms with E-state index in [-0.39, 0.29) is 5.91 Å². The van der Waals surface area contributed by atoms with E-state index in [1.54, 1.807) is 36.5 Å². The number of anilines is 2. The zero-order valence-electron chi connectivity index (χ0n) is 11.9. The average molecular weight is 314 g/mol. The van der Waals surface area contributed by atoms with E-state index in [9.17, 15) is 4.79 Å². The topological polar surface area (TPSA) is 54.0 Å². The van der Waals surface area contributed by atoms with Crippen molar-refractivity contribution in [1.29, 1.82) is 0 Å². The first-order chi connectivity index (χ1) is 10.7. The highest BCUT2D eigenvalue weighted by Crippen LogP contribution is 2.17. The van der Waals surface area contributed by atoms with E-state index in [1.165, 1.54) is 0 Å². The largest absolute Gasteiger partial charge is 0.367 e. The fraction of sp³-hybridized carbons (Fsp3) is 0.176. The van der Waals surface area contributed by atoms with Crippen molar-refractivity contribution in [3.8, 4) is 0 Å². The number of hydrogen-bond donors (Lipinski definition) is 2. The summed E-state index contributed by atoms with van der Waals surface area (Å²) >= 11 is 5.90. The molecule has 5 heteroatoms. The third-order valence-electron chi connectivity index (χ3n) is 3.47. The van der Waals surface area contributed by atoms with Gasteiger partial charge in [0.05, 0.1) is 5.56 Å². The predicted molar refractivity (Wildman–Crippen MR) is 89.4 cm³/mol. The van der Waals surface area contributed by atoms with Gasteiger partial charge < -0.3 is 10.6 Å². The lowest BCUT2D eigenvalue weighted by molar-refractivity contribution is 0.102. The molecule has 2 aromatic rings. The minimum Gasteiger partial charge on any atom is -0.367 e. The Kier molecular flexibility index (Phi) is 4.39. The van der Waals surface area contributed by atoms with Gasteiger partial charge in [0.2, 0.25) is 0 Å². The normalized spacial score (nSPS) is 14.0.